The van der Waals surface area contributed by atoms with E-state index in [1.54, 1.807) is 0 Å². The first-order valence-electron chi connectivity index (χ1n) is 10.5. The van der Waals surface area contributed by atoms with Crippen molar-refractivity contribution in [2.24, 2.45) is 0 Å². The van der Waals surface area contributed by atoms with Crippen molar-refractivity contribution in [1.82, 2.24) is 19.9 Å². The van der Waals surface area contributed by atoms with E-state index in [2.05, 4.69) is 33.4 Å². The van der Waals surface area contributed by atoms with E-state index in [1.165, 1.54) is 12.4 Å². The average molecular weight is 425 g/mol. The fraction of sp³-hybridized carbons (Fsp3) is 0.160. The van der Waals surface area contributed by atoms with E-state index < -0.39 is 0 Å². The lowest BCUT2D eigenvalue weighted by atomic mass is 9.93. The molecule has 0 spiro atoms. The van der Waals surface area contributed by atoms with Crippen molar-refractivity contribution in [2.45, 2.75) is 25.4 Å². The topological polar surface area (TPSA) is 95.1 Å². The SMILES string of the molecule is C=CC(=O)N[C@H]1Cn2c(c(-c3ccc(Oc4ccccc4)cc3)c3c(N)ncnc32)C1C. The molecule has 1 aliphatic rings. The molecule has 1 aliphatic heterocycles. The first kappa shape index (κ1) is 19.8. The van der Waals surface area contributed by atoms with E-state index in [9.17, 15) is 4.79 Å². The molecule has 4 aromatic rings. The number of nitrogen functional groups attached to an aromatic ring is 1. The van der Waals surface area contributed by atoms with Crippen molar-refractivity contribution < 1.29 is 9.53 Å². The molecule has 5 rings (SSSR count). The number of fused-ring (bicyclic) bond motifs is 3. The zero-order valence-corrected chi connectivity index (χ0v) is 17.7. The summed E-state index contributed by atoms with van der Waals surface area (Å²) in [7, 11) is 0. The van der Waals surface area contributed by atoms with E-state index in [4.69, 9.17) is 10.5 Å². The summed E-state index contributed by atoms with van der Waals surface area (Å²) in [6.07, 6.45) is 2.77. The third-order valence-corrected chi connectivity index (χ3v) is 5.96. The Morgan fingerprint density at radius 1 is 1.16 bits per heavy atom. The molecule has 0 fully saturated rings. The highest BCUT2D eigenvalue weighted by Gasteiger charge is 2.36. The van der Waals surface area contributed by atoms with Crippen LogP contribution in [-0.4, -0.2) is 26.5 Å². The second-order valence-electron chi connectivity index (χ2n) is 7.88. The van der Waals surface area contributed by atoms with Crippen LogP contribution >= 0.6 is 0 Å². The number of benzene rings is 2. The Hall–Kier alpha value is -4.13. The summed E-state index contributed by atoms with van der Waals surface area (Å²) in [5, 5.41) is 3.87. The van der Waals surface area contributed by atoms with Gasteiger partial charge >= 0.3 is 0 Å². The molecule has 0 radical (unpaired) electrons. The summed E-state index contributed by atoms with van der Waals surface area (Å²) in [6.45, 7) is 6.27. The number of anilines is 1. The maximum Gasteiger partial charge on any atom is 0.243 e. The quantitative estimate of drug-likeness (QED) is 0.466. The van der Waals surface area contributed by atoms with Gasteiger partial charge in [-0.15, -0.1) is 0 Å². The van der Waals surface area contributed by atoms with Gasteiger partial charge in [0.2, 0.25) is 5.91 Å². The second kappa shape index (κ2) is 7.85. The van der Waals surface area contributed by atoms with Crippen LogP contribution in [0.3, 0.4) is 0 Å². The van der Waals surface area contributed by atoms with Gasteiger partial charge in [0.15, 0.2) is 0 Å². The minimum Gasteiger partial charge on any atom is -0.457 e. The van der Waals surface area contributed by atoms with Crippen molar-refractivity contribution in [1.29, 1.82) is 0 Å². The van der Waals surface area contributed by atoms with Crippen LogP contribution in [-0.2, 0) is 11.3 Å². The van der Waals surface area contributed by atoms with Crippen molar-refractivity contribution >= 4 is 22.8 Å². The Kier molecular flexibility index (Phi) is 4.86. The van der Waals surface area contributed by atoms with Gasteiger partial charge in [-0.05, 0) is 35.9 Å². The minimum absolute atomic E-state index is 0.0581. The molecule has 32 heavy (non-hydrogen) atoms. The molecule has 2 atom stereocenters. The Labute approximate surface area is 185 Å². The number of rotatable bonds is 5. The molecule has 0 aliphatic carbocycles. The van der Waals surface area contributed by atoms with Gasteiger partial charge in [0.05, 0.1) is 11.4 Å². The number of carbonyl (C=O) groups is 1. The molecule has 0 bridgehead atoms. The number of ether oxygens (including phenoxy) is 1. The van der Waals surface area contributed by atoms with Gasteiger partial charge in [-0.1, -0.05) is 43.8 Å². The highest BCUT2D eigenvalue weighted by molar-refractivity contribution is 6.03. The van der Waals surface area contributed by atoms with E-state index in [1.807, 2.05) is 54.6 Å². The summed E-state index contributed by atoms with van der Waals surface area (Å²) >= 11 is 0. The molecule has 0 saturated heterocycles. The van der Waals surface area contributed by atoms with Crippen LogP contribution in [0.2, 0.25) is 0 Å². The standard InChI is InChI=1S/C25H23N5O2/c1-3-20(31)29-19-13-30-23(15(19)2)21(22-24(26)27-14-28-25(22)30)16-9-11-18(12-10-16)32-17-7-5-4-6-8-17/h3-12,14-15,19H,1,13H2,2H3,(H,29,31)(H2,26,27,28)/t15?,19-/m0/s1. The zero-order chi connectivity index (χ0) is 22.2. The first-order chi connectivity index (χ1) is 15.6. The third-order valence-electron chi connectivity index (χ3n) is 5.96. The fourth-order valence-corrected chi connectivity index (χ4v) is 4.43. The van der Waals surface area contributed by atoms with Crippen LogP contribution in [0.25, 0.3) is 22.2 Å². The van der Waals surface area contributed by atoms with Crippen molar-refractivity contribution in [2.75, 3.05) is 5.73 Å². The molecule has 2 aromatic heterocycles. The molecule has 7 nitrogen and oxygen atoms in total. The Bertz CT molecular complexity index is 1310. The smallest absolute Gasteiger partial charge is 0.243 e. The van der Waals surface area contributed by atoms with E-state index in [0.717, 1.165) is 39.4 Å². The molecule has 0 saturated carbocycles. The van der Waals surface area contributed by atoms with Crippen molar-refractivity contribution in [3.05, 3.63) is 79.3 Å². The van der Waals surface area contributed by atoms with Gasteiger partial charge in [0, 0.05) is 23.7 Å². The van der Waals surface area contributed by atoms with Crippen LogP contribution in [0.4, 0.5) is 5.82 Å². The molecule has 1 unspecified atom stereocenters. The van der Waals surface area contributed by atoms with Crippen LogP contribution in [0, 0.1) is 0 Å². The molecular formula is C25H23N5O2. The van der Waals surface area contributed by atoms with E-state index in [0.29, 0.717) is 12.4 Å². The van der Waals surface area contributed by atoms with Gasteiger partial charge in [-0.25, -0.2) is 9.97 Å². The normalized spacial score (nSPS) is 17.2. The van der Waals surface area contributed by atoms with Crippen LogP contribution in [0.5, 0.6) is 11.5 Å². The summed E-state index contributed by atoms with van der Waals surface area (Å²) in [6, 6.07) is 17.5. The fourth-order valence-electron chi connectivity index (χ4n) is 4.43. The molecule has 3 N–H and O–H groups in total. The summed E-state index contributed by atoms with van der Waals surface area (Å²) in [5.41, 5.74) is 10.1. The maximum absolute atomic E-state index is 11.9. The monoisotopic (exact) mass is 425 g/mol. The number of nitrogens with one attached hydrogen (secondary N) is 1. The predicted molar refractivity (Wildman–Crippen MR) is 124 cm³/mol. The number of nitrogens with two attached hydrogens (primary N) is 1. The molecule has 3 heterocycles. The summed E-state index contributed by atoms with van der Waals surface area (Å²) in [5.74, 6) is 1.84. The number of hydrogen-bond acceptors (Lipinski definition) is 5. The molecule has 1 amide bonds. The van der Waals surface area contributed by atoms with Gasteiger partial charge < -0.3 is 20.4 Å². The number of nitrogens with zero attached hydrogens (tertiary/aromatic N) is 3. The number of para-hydroxylation sites is 1. The Morgan fingerprint density at radius 3 is 2.59 bits per heavy atom. The number of hydrogen-bond donors (Lipinski definition) is 2. The Balaban J connectivity index is 1.57. The second-order valence-corrected chi connectivity index (χ2v) is 7.88. The zero-order valence-electron chi connectivity index (χ0n) is 17.7. The third kappa shape index (κ3) is 3.28. The number of carbonyl (C=O) groups excluding carboxylic acids is 1. The van der Waals surface area contributed by atoms with E-state index >= 15 is 0 Å². The van der Waals surface area contributed by atoms with Gasteiger partial charge in [0.1, 0.15) is 29.3 Å². The molecule has 2 aromatic carbocycles. The van der Waals surface area contributed by atoms with Crippen LogP contribution in [0.1, 0.15) is 18.5 Å². The Morgan fingerprint density at radius 2 is 1.88 bits per heavy atom. The highest BCUT2D eigenvalue weighted by atomic mass is 16.5. The van der Waals surface area contributed by atoms with Gasteiger partial charge in [-0.3, -0.25) is 4.79 Å². The summed E-state index contributed by atoms with van der Waals surface area (Å²) < 4.78 is 8.07. The molecule has 7 heteroatoms. The minimum atomic E-state index is -0.185. The van der Waals surface area contributed by atoms with Crippen molar-refractivity contribution in [3.63, 3.8) is 0 Å². The molecule has 160 valence electrons. The number of amides is 1. The lowest BCUT2D eigenvalue weighted by Crippen LogP contribution is -2.36. The molecular weight excluding hydrogens is 402 g/mol. The van der Waals surface area contributed by atoms with Crippen LogP contribution < -0.4 is 15.8 Å². The van der Waals surface area contributed by atoms with Gasteiger partial charge in [0.25, 0.3) is 0 Å². The largest absolute Gasteiger partial charge is 0.457 e. The van der Waals surface area contributed by atoms with E-state index in [-0.39, 0.29) is 17.9 Å². The average Bonchev–Trinajstić information content (AvgIpc) is 3.30. The maximum atomic E-state index is 11.9. The van der Waals surface area contributed by atoms with Gasteiger partial charge in [-0.2, -0.15) is 0 Å². The highest BCUT2D eigenvalue weighted by Crippen LogP contribution is 2.44. The first-order valence-corrected chi connectivity index (χ1v) is 10.5. The number of aromatic nitrogens is 3. The predicted octanol–water partition coefficient (Wildman–Crippen LogP) is 4.26. The lowest BCUT2D eigenvalue weighted by molar-refractivity contribution is -0.117. The lowest BCUT2D eigenvalue weighted by Gasteiger charge is -2.17. The van der Waals surface area contributed by atoms with Crippen molar-refractivity contribution in [3.8, 4) is 22.6 Å². The summed E-state index contributed by atoms with van der Waals surface area (Å²) in [4.78, 5) is 20.7. The van der Waals surface area contributed by atoms with Crippen LogP contribution in [0.15, 0.2) is 73.6 Å².